The molecule has 0 N–H and O–H groups in total. The van der Waals surface area contributed by atoms with Crippen molar-refractivity contribution in [2.45, 2.75) is 12.5 Å². The lowest BCUT2D eigenvalue weighted by molar-refractivity contribution is 0.0711. The highest BCUT2D eigenvalue weighted by molar-refractivity contribution is 6.29. The third-order valence-electron chi connectivity index (χ3n) is 5.41. The number of fused-ring (bicyclic) bond motifs is 1. The van der Waals surface area contributed by atoms with Crippen molar-refractivity contribution in [2.75, 3.05) is 6.54 Å². The maximum absolute atomic E-state index is 14.1. The predicted molar refractivity (Wildman–Crippen MR) is 110 cm³/mol. The highest BCUT2D eigenvalue weighted by Crippen LogP contribution is 2.34. The topological polar surface area (TPSA) is 81.7 Å². The fourth-order valence-electron chi connectivity index (χ4n) is 3.84. The monoisotopic (exact) mass is 455 g/mol. The average Bonchev–Trinajstić information content (AvgIpc) is 3.39. The van der Waals surface area contributed by atoms with Crippen LogP contribution in [0, 0.1) is 11.6 Å². The van der Waals surface area contributed by atoms with Crippen LogP contribution in [0.3, 0.4) is 0 Å². The number of amides is 1. The Morgan fingerprint density at radius 1 is 1.12 bits per heavy atom. The van der Waals surface area contributed by atoms with Crippen molar-refractivity contribution >= 4 is 17.5 Å². The lowest BCUT2D eigenvalue weighted by Crippen LogP contribution is -2.39. The standard InChI is InChI=1S/C21H16ClF2N7O/c1-29-19(22)9-17(26-29)15-11-30(10-12-4-2-3-5-14(12)15)21(32)20-25-28-31(27-20)18-7-6-13(23)8-16(18)24/h2-9,15H,10-11H2,1H3. The molecular weight excluding hydrogens is 440 g/mol. The molecule has 5 rings (SSSR count). The van der Waals surface area contributed by atoms with Crippen molar-refractivity contribution in [1.29, 1.82) is 0 Å². The molecule has 1 atom stereocenters. The van der Waals surface area contributed by atoms with Gasteiger partial charge in [-0.3, -0.25) is 9.48 Å². The molecule has 0 fully saturated rings. The summed E-state index contributed by atoms with van der Waals surface area (Å²) in [6, 6.07) is 12.6. The van der Waals surface area contributed by atoms with Gasteiger partial charge in [0, 0.05) is 32.1 Å². The fraction of sp³-hybridized carbons (Fsp3) is 0.190. The first-order valence-electron chi connectivity index (χ1n) is 9.72. The minimum absolute atomic E-state index is 0.108. The number of aromatic nitrogens is 6. The number of hydrogen-bond acceptors (Lipinski definition) is 5. The molecule has 1 unspecified atom stereocenters. The van der Waals surface area contributed by atoms with Gasteiger partial charge in [-0.1, -0.05) is 35.9 Å². The van der Waals surface area contributed by atoms with Crippen molar-refractivity contribution in [2.24, 2.45) is 7.05 Å². The van der Waals surface area contributed by atoms with Gasteiger partial charge in [-0.25, -0.2) is 8.78 Å². The highest BCUT2D eigenvalue weighted by atomic mass is 35.5. The molecule has 2 aromatic heterocycles. The Morgan fingerprint density at radius 2 is 1.94 bits per heavy atom. The zero-order valence-corrected chi connectivity index (χ0v) is 17.5. The van der Waals surface area contributed by atoms with Crippen molar-refractivity contribution in [3.8, 4) is 5.69 Å². The molecule has 162 valence electrons. The molecule has 8 nitrogen and oxygen atoms in total. The Morgan fingerprint density at radius 3 is 2.69 bits per heavy atom. The minimum Gasteiger partial charge on any atom is -0.330 e. The molecule has 11 heteroatoms. The van der Waals surface area contributed by atoms with Crippen LogP contribution in [0.15, 0.2) is 48.5 Å². The summed E-state index contributed by atoms with van der Waals surface area (Å²) >= 11 is 6.19. The zero-order valence-electron chi connectivity index (χ0n) is 16.8. The third kappa shape index (κ3) is 3.52. The van der Waals surface area contributed by atoms with Crippen LogP contribution in [0.1, 0.15) is 33.4 Å². The van der Waals surface area contributed by atoms with Gasteiger partial charge in [0.1, 0.15) is 16.7 Å². The van der Waals surface area contributed by atoms with E-state index in [-0.39, 0.29) is 17.4 Å². The molecule has 4 aromatic rings. The summed E-state index contributed by atoms with van der Waals surface area (Å²) in [6.45, 7) is 0.689. The quantitative estimate of drug-likeness (QED) is 0.474. The van der Waals surface area contributed by atoms with E-state index < -0.39 is 17.5 Å². The number of carbonyl (C=O) groups excluding carboxylic acids is 1. The SMILES string of the molecule is Cn1nc(C2CN(C(=O)c3nnn(-c4ccc(F)cc4F)n3)Cc3ccccc32)cc1Cl. The molecule has 0 aliphatic carbocycles. The van der Waals surface area contributed by atoms with Crippen LogP contribution in [-0.4, -0.2) is 47.3 Å². The lowest BCUT2D eigenvalue weighted by atomic mass is 9.87. The number of tetrazole rings is 1. The van der Waals surface area contributed by atoms with E-state index in [0.29, 0.717) is 24.3 Å². The number of carbonyl (C=O) groups is 1. The van der Waals surface area contributed by atoms with Crippen molar-refractivity contribution in [3.05, 3.63) is 88.0 Å². The van der Waals surface area contributed by atoms with Gasteiger partial charge in [0.15, 0.2) is 5.82 Å². The zero-order chi connectivity index (χ0) is 22.4. The van der Waals surface area contributed by atoms with Crippen molar-refractivity contribution < 1.29 is 13.6 Å². The lowest BCUT2D eigenvalue weighted by Gasteiger charge is -2.33. The summed E-state index contributed by atoms with van der Waals surface area (Å²) in [7, 11) is 1.75. The smallest absolute Gasteiger partial charge is 0.295 e. The van der Waals surface area contributed by atoms with Crippen LogP contribution < -0.4 is 0 Å². The van der Waals surface area contributed by atoms with E-state index in [2.05, 4.69) is 20.5 Å². The minimum atomic E-state index is -0.861. The van der Waals surface area contributed by atoms with Gasteiger partial charge in [-0.15, -0.1) is 15.0 Å². The molecule has 3 heterocycles. The van der Waals surface area contributed by atoms with E-state index in [0.717, 1.165) is 27.7 Å². The summed E-state index contributed by atoms with van der Waals surface area (Å²) in [6.07, 6.45) is 0. The highest BCUT2D eigenvalue weighted by Gasteiger charge is 2.33. The molecule has 0 spiro atoms. The maximum Gasteiger partial charge on any atom is 0.295 e. The second-order valence-electron chi connectivity index (χ2n) is 7.45. The second-order valence-corrected chi connectivity index (χ2v) is 7.84. The second kappa shape index (κ2) is 7.79. The van der Waals surface area contributed by atoms with Gasteiger partial charge in [0.2, 0.25) is 0 Å². The Labute approximate surface area is 186 Å². The van der Waals surface area contributed by atoms with Crippen LogP contribution in [0.4, 0.5) is 8.78 Å². The summed E-state index contributed by atoms with van der Waals surface area (Å²) < 4.78 is 28.8. The normalized spacial score (nSPS) is 15.6. The maximum atomic E-state index is 14.1. The van der Waals surface area contributed by atoms with Crippen molar-refractivity contribution in [1.82, 2.24) is 34.9 Å². The molecule has 0 saturated heterocycles. The van der Waals surface area contributed by atoms with E-state index in [9.17, 15) is 13.6 Å². The number of hydrogen-bond donors (Lipinski definition) is 0. The fourth-order valence-corrected chi connectivity index (χ4v) is 3.99. The molecule has 2 aromatic carbocycles. The first-order valence-corrected chi connectivity index (χ1v) is 10.1. The molecule has 1 aliphatic rings. The summed E-state index contributed by atoms with van der Waals surface area (Å²) in [5, 5.41) is 16.6. The number of benzene rings is 2. The van der Waals surface area contributed by atoms with Gasteiger partial charge in [-0.2, -0.15) is 5.10 Å². The first-order chi connectivity index (χ1) is 15.4. The van der Waals surface area contributed by atoms with Gasteiger partial charge < -0.3 is 4.90 Å². The summed E-state index contributed by atoms with van der Waals surface area (Å²) in [5.41, 5.74) is 2.67. The van der Waals surface area contributed by atoms with Gasteiger partial charge in [-0.05, 0) is 34.5 Å². The predicted octanol–water partition coefficient (Wildman–Crippen LogP) is 3.12. The summed E-state index contributed by atoms with van der Waals surface area (Å²) in [4.78, 5) is 15.7. The van der Waals surface area contributed by atoms with Gasteiger partial charge in [0.25, 0.3) is 11.7 Å². The summed E-state index contributed by atoms with van der Waals surface area (Å²) in [5.74, 6) is -2.42. The molecule has 1 aliphatic heterocycles. The molecular formula is C21H16ClF2N7O. The largest absolute Gasteiger partial charge is 0.330 e. The number of nitrogens with zero attached hydrogens (tertiary/aromatic N) is 7. The van der Waals surface area contributed by atoms with Gasteiger partial charge in [0.05, 0.1) is 5.69 Å². The van der Waals surface area contributed by atoms with Crippen LogP contribution >= 0.6 is 11.6 Å². The first kappa shape index (κ1) is 20.3. The average molecular weight is 456 g/mol. The van der Waals surface area contributed by atoms with E-state index in [1.54, 1.807) is 22.7 Å². The molecule has 0 bridgehead atoms. The van der Waals surface area contributed by atoms with E-state index in [1.165, 1.54) is 6.07 Å². The van der Waals surface area contributed by atoms with Crippen molar-refractivity contribution in [3.63, 3.8) is 0 Å². The Bertz CT molecular complexity index is 1320. The Kier molecular flexibility index (Phi) is 4.93. The van der Waals surface area contributed by atoms with Crippen LogP contribution in [0.5, 0.6) is 0 Å². The number of halogens is 3. The molecule has 0 radical (unpaired) electrons. The van der Waals surface area contributed by atoms with E-state index >= 15 is 0 Å². The Balaban J connectivity index is 1.46. The number of rotatable bonds is 3. The van der Waals surface area contributed by atoms with E-state index in [4.69, 9.17) is 11.6 Å². The van der Waals surface area contributed by atoms with Crippen LogP contribution in [0.25, 0.3) is 5.69 Å². The van der Waals surface area contributed by atoms with Gasteiger partial charge >= 0.3 is 0 Å². The molecule has 32 heavy (non-hydrogen) atoms. The molecule has 1 amide bonds. The van der Waals surface area contributed by atoms with Crippen LogP contribution in [-0.2, 0) is 13.6 Å². The van der Waals surface area contributed by atoms with E-state index in [1.807, 2.05) is 24.3 Å². The third-order valence-corrected chi connectivity index (χ3v) is 5.76. The number of aryl methyl sites for hydroxylation is 1. The van der Waals surface area contributed by atoms with Crippen LogP contribution in [0.2, 0.25) is 5.15 Å². The molecule has 0 saturated carbocycles. The Hall–Kier alpha value is -3.66.